The summed E-state index contributed by atoms with van der Waals surface area (Å²) in [6, 6.07) is 13.7. The predicted octanol–water partition coefficient (Wildman–Crippen LogP) is 3.82. The van der Waals surface area contributed by atoms with Crippen molar-refractivity contribution in [3.05, 3.63) is 71.8 Å². The van der Waals surface area contributed by atoms with Crippen molar-refractivity contribution in [2.45, 2.75) is 19.9 Å². The van der Waals surface area contributed by atoms with E-state index in [1.807, 2.05) is 38.2 Å². The van der Waals surface area contributed by atoms with Gasteiger partial charge in [0.1, 0.15) is 5.82 Å². The second-order valence-electron chi connectivity index (χ2n) is 7.60. The number of amides is 1. The summed E-state index contributed by atoms with van der Waals surface area (Å²) in [5.41, 5.74) is 4.70. The summed E-state index contributed by atoms with van der Waals surface area (Å²) < 4.78 is 12.7. The lowest BCUT2D eigenvalue weighted by molar-refractivity contribution is -0.120. The van der Waals surface area contributed by atoms with Crippen LogP contribution in [0.3, 0.4) is 0 Å². The van der Waals surface area contributed by atoms with Crippen LogP contribution in [0.25, 0.3) is 22.2 Å². The number of carbonyl (C=O) groups is 1. The van der Waals surface area contributed by atoms with E-state index in [4.69, 9.17) is 14.5 Å². The van der Waals surface area contributed by atoms with E-state index in [1.54, 1.807) is 26.5 Å². The number of methoxy groups -OCH3 is 2. The summed E-state index contributed by atoms with van der Waals surface area (Å²) in [5, 5.41) is 4.12. The number of hydrogen-bond donors (Lipinski definition) is 1. The minimum Gasteiger partial charge on any atom is -0.493 e. The molecule has 1 N–H and O–H groups in total. The first-order chi connectivity index (χ1) is 15.5. The van der Waals surface area contributed by atoms with Crippen molar-refractivity contribution in [3.8, 4) is 22.8 Å². The Kier molecular flexibility index (Phi) is 6.07. The van der Waals surface area contributed by atoms with E-state index >= 15 is 0 Å². The van der Waals surface area contributed by atoms with Crippen LogP contribution in [0, 0.1) is 6.92 Å². The molecular weight excluding hydrogens is 404 g/mol. The number of nitrogens with zero attached hydrogens (tertiary/aromatic N) is 3. The molecule has 164 valence electrons. The number of carbonyl (C=O) groups excluding carboxylic acids is 1. The average Bonchev–Trinajstić information content (AvgIpc) is 3.14. The molecule has 0 saturated carbocycles. The molecular formula is C25H26N4O3. The van der Waals surface area contributed by atoms with Crippen molar-refractivity contribution < 1.29 is 14.3 Å². The lowest BCUT2D eigenvalue weighted by atomic mass is 10.1. The molecule has 0 aliphatic carbocycles. The molecule has 0 spiro atoms. The Morgan fingerprint density at radius 3 is 2.66 bits per heavy atom. The Hall–Kier alpha value is -3.87. The van der Waals surface area contributed by atoms with Gasteiger partial charge in [-0.2, -0.15) is 0 Å². The van der Waals surface area contributed by atoms with Gasteiger partial charge in [0.2, 0.25) is 5.91 Å². The summed E-state index contributed by atoms with van der Waals surface area (Å²) >= 11 is 0. The van der Waals surface area contributed by atoms with Crippen LogP contribution in [0.5, 0.6) is 11.5 Å². The lowest BCUT2D eigenvalue weighted by Crippen LogP contribution is -2.25. The summed E-state index contributed by atoms with van der Waals surface area (Å²) in [6.07, 6.45) is 4.09. The van der Waals surface area contributed by atoms with Gasteiger partial charge in [0, 0.05) is 48.0 Å². The highest BCUT2D eigenvalue weighted by Crippen LogP contribution is 2.31. The minimum atomic E-state index is -0.0957. The summed E-state index contributed by atoms with van der Waals surface area (Å²) in [5.74, 6) is 1.83. The highest BCUT2D eigenvalue weighted by atomic mass is 16.5. The van der Waals surface area contributed by atoms with Crippen LogP contribution in [-0.4, -0.2) is 34.7 Å². The Morgan fingerprint density at radius 2 is 1.88 bits per heavy atom. The van der Waals surface area contributed by atoms with Crippen molar-refractivity contribution in [2.75, 3.05) is 14.2 Å². The molecule has 2 aromatic carbocycles. The van der Waals surface area contributed by atoms with Gasteiger partial charge in [-0.15, -0.1) is 0 Å². The first-order valence-corrected chi connectivity index (χ1v) is 10.3. The standard InChI is InChI=1S/C25H26N4O3/c1-16-26-13-18(25(28-16)20-15-29(2)21-8-6-5-7-19(20)21)14-27-24(30)12-17-9-10-22(31-3)23(11-17)32-4/h5-11,13,15H,12,14H2,1-4H3,(H,27,30). The molecule has 0 aliphatic rings. The third-order valence-corrected chi connectivity index (χ3v) is 5.43. The van der Waals surface area contributed by atoms with Gasteiger partial charge in [-0.05, 0) is 30.7 Å². The number of fused-ring (bicyclic) bond motifs is 1. The van der Waals surface area contributed by atoms with E-state index in [0.29, 0.717) is 23.9 Å². The average molecular weight is 431 g/mol. The van der Waals surface area contributed by atoms with Crippen molar-refractivity contribution >= 4 is 16.8 Å². The molecule has 7 heteroatoms. The highest BCUT2D eigenvalue weighted by Gasteiger charge is 2.15. The van der Waals surface area contributed by atoms with Crippen LogP contribution in [0.2, 0.25) is 0 Å². The second-order valence-corrected chi connectivity index (χ2v) is 7.60. The number of aryl methyl sites for hydroxylation is 2. The zero-order chi connectivity index (χ0) is 22.7. The molecule has 4 rings (SSSR count). The Bertz CT molecular complexity index is 1280. The number of benzene rings is 2. The fourth-order valence-electron chi connectivity index (χ4n) is 3.82. The van der Waals surface area contributed by atoms with Gasteiger partial charge in [0.25, 0.3) is 0 Å². The van der Waals surface area contributed by atoms with Crippen LogP contribution >= 0.6 is 0 Å². The topological polar surface area (TPSA) is 78.3 Å². The number of rotatable bonds is 7. The normalized spacial score (nSPS) is 10.9. The fraction of sp³-hybridized carbons (Fsp3) is 0.240. The van der Waals surface area contributed by atoms with Gasteiger partial charge in [0.05, 0.1) is 26.3 Å². The summed E-state index contributed by atoms with van der Waals surface area (Å²) in [7, 11) is 5.18. The summed E-state index contributed by atoms with van der Waals surface area (Å²) in [6.45, 7) is 2.21. The second kappa shape index (κ2) is 9.09. The molecule has 0 fully saturated rings. The first kappa shape index (κ1) is 21.4. The molecule has 1 amide bonds. The third kappa shape index (κ3) is 4.27. The van der Waals surface area contributed by atoms with E-state index in [1.165, 1.54) is 0 Å². The van der Waals surface area contributed by atoms with Gasteiger partial charge in [0.15, 0.2) is 11.5 Å². The van der Waals surface area contributed by atoms with Gasteiger partial charge < -0.3 is 19.4 Å². The van der Waals surface area contributed by atoms with Gasteiger partial charge in [-0.3, -0.25) is 4.79 Å². The number of hydrogen-bond acceptors (Lipinski definition) is 5. The maximum atomic E-state index is 12.6. The van der Waals surface area contributed by atoms with Gasteiger partial charge in [-0.25, -0.2) is 9.97 Å². The lowest BCUT2D eigenvalue weighted by Gasteiger charge is -2.11. The van der Waals surface area contributed by atoms with Crippen molar-refractivity contribution in [1.82, 2.24) is 19.9 Å². The number of ether oxygens (including phenoxy) is 2. The monoisotopic (exact) mass is 430 g/mol. The quantitative estimate of drug-likeness (QED) is 0.482. The zero-order valence-corrected chi connectivity index (χ0v) is 18.7. The maximum absolute atomic E-state index is 12.6. The van der Waals surface area contributed by atoms with E-state index in [9.17, 15) is 4.79 Å². The molecule has 0 atom stereocenters. The third-order valence-electron chi connectivity index (χ3n) is 5.43. The molecule has 4 aromatic rings. The van der Waals surface area contributed by atoms with E-state index in [2.05, 4.69) is 33.2 Å². The Morgan fingerprint density at radius 1 is 1.09 bits per heavy atom. The van der Waals surface area contributed by atoms with Crippen molar-refractivity contribution in [3.63, 3.8) is 0 Å². The molecule has 0 unspecified atom stereocenters. The Balaban J connectivity index is 1.55. The smallest absolute Gasteiger partial charge is 0.224 e. The van der Waals surface area contributed by atoms with Crippen LogP contribution in [0.4, 0.5) is 0 Å². The summed E-state index contributed by atoms with van der Waals surface area (Å²) in [4.78, 5) is 21.7. The number of nitrogens with one attached hydrogen (secondary N) is 1. The maximum Gasteiger partial charge on any atom is 0.224 e. The largest absolute Gasteiger partial charge is 0.493 e. The Labute approximate surface area is 187 Å². The van der Waals surface area contributed by atoms with Crippen LogP contribution in [-0.2, 0) is 24.8 Å². The molecule has 2 aromatic heterocycles. The van der Waals surface area contributed by atoms with E-state index < -0.39 is 0 Å². The van der Waals surface area contributed by atoms with Crippen LogP contribution in [0.15, 0.2) is 54.9 Å². The molecule has 0 aliphatic heterocycles. The van der Waals surface area contributed by atoms with Gasteiger partial charge in [-0.1, -0.05) is 24.3 Å². The first-order valence-electron chi connectivity index (χ1n) is 10.3. The molecule has 0 saturated heterocycles. The van der Waals surface area contributed by atoms with Crippen LogP contribution < -0.4 is 14.8 Å². The SMILES string of the molecule is COc1ccc(CC(=O)NCc2cnc(C)nc2-c2cn(C)c3ccccc23)cc1OC. The van der Waals surface area contributed by atoms with Gasteiger partial charge >= 0.3 is 0 Å². The molecule has 32 heavy (non-hydrogen) atoms. The van der Waals surface area contributed by atoms with Crippen LogP contribution in [0.1, 0.15) is 17.0 Å². The number of para-hydroxylation sites is 1. The van der Waals surface area contributed by atoms with E-state index in [-0.39, 0.29) is 12.3 Å². The fourth-order valence-corrected chi connectivity index (χ4v) is 3.82. The molecule has 0 bridgehead atoms. The molecule has 2 heterocycles. The predicted molar refractivity (Wildman–Crippen MR) is 124 cm³/mol. The van der Waals surface area contributed by atoms with Crippen molar-refractivity contribution in [1.29, 1.82) is 0 Å². The molecule has 0 radical (unpaired) electrons. The van der Waals surface area contributed by atoms with E-state index in [0.717, 1.165) is 33.3 Å². The highest BCUT2D eigenvalue weighted by molar-refractivity contribution is 5.95. The minimum absolute atomic E-state index is 0.0957. The van der Waals surface area contributed by atoms with Crippen molar-refractivity contribution in [2.24, 2.45) is 7.05 Å². The molecule has 7 nitrogen and oxygen atoms in total. The number of aromatic nitrogens is 3. The zero-order valence-electron chi connectivity index (χ0n) is 18.7.